The highest BCUT2D eigenvalue weighted by Gasteiger charge is 1.90. The molecule has 2 aromatic carbocycles. The van der Waals surface area contributed by atoms with E-state index >= 15 is 0 Å². The van der Waals surface area contributed by atoms with Crippen LogP contribution in [0.5, 0.6) is 0 Å². The van der Waals surface area contributed by atoms with Crippen molar-refractivity contribution in [3.05, 3.63) is 70.8 Å². The van der Waals surface area contributed by atoms with E-state index in [4.69, 9.17) is 5.26 Å². The third kappa shape index (κ3) is 3.06. The van der Waals surface area contributed by atoms with E-state index in [0.29, 0.717) is 5.56 Å². The van der Waals surface area contributed by atoms with E-state index < -0.39 is 0 Å². The highest BCUT2D eigenvalue weighted by atomic mass is 14.2. The molecule has 0 bridgehead atoms. The predicted octanol–water partition coefficient (Wildman–Crippen LogP) is 4.04. The first-order valence-corrected chi connectivity index (χ1v) is 5.53. The second-order valence-electron chi connectivity index (χ2n) is 3.98. The van der Waals surface area contributed by atoms with Crippen LogP contribution >= 0.6 is 0 Å². The molecule has 0 aliphatic carbocycles. The zero-order chi connectivity index (χ0) is 12.1. The first kappa shape index (κ1) is 11.2. The predicted molar refractivity (Wildman–Crippen MR) is 71.3 cm³/mol. The molecule has 0 amide bonds. The lowest BCUT2D eigenvalue weighted by Gasteiger charge is -1.96. The number of hydrogen-bond acceptors (Lipinski definition) is 1. The first-order valence-electron chi connectivity index (χ1n) is 5.53. The first-order chi connectivity index (χ1) is 8.28. The number of benzene rings is 2. The quantitative estimate of drug-likeness (QED) is 0.699. The van der Waals surface area contributed by atoms with Crippen molar-refractivity contribution in [3.8, 4) is 6.07 Å². The number of hydrogen-bond donors (Lipinski definition) is 0. The van der Waals surface area contributed by atoms with E-state index in [9.17, 15) is 0 Å². The van der Waals surface area contributed by atoms with Crippen molar-refractivity contribution in [2.75, 3.05) is 0 Å². The van der Waals surface area contributed by atoms with Gasteiger partial charge in [-0.2, -0.15) is 5.26 Å². The average Bonchev–Trinajstić information content (AvgIpc) is 2.39. The lowest BCUT2D eigenvalue weighted by Crippen LogP contribution is -1.76. The molecule has 0 heterocycles. The minimum absolute atomic E-state index is 0.692. The van der Waals surface area contributed by atoms with Crippen LogP contribution in [-0.2, 0) is 0 Å². The Morgan fingerprint density at radius 2 is 1.29 bits per heavy atom. The van der Waals surface area contributed by atoms with Gasteiger partial charge in [0.05, 0.1) is 11.6 Å². The van der Waals surface area contributed by atoms with Gasteiger partial charge in [-0.15, -0.1) is 0 Å². The molecular formula is C16H13N. The summed E-state index contributed by atoms with van der Waals surface area (Å²) in [5.74, 6) is 0. The number of nitriles is 1. The van der Waals surface area contributed by atoms with Crippen molar-refractivity contribution in [2.24, 2.45) is 0 Å². The molecule has 17 heavy (non-hydrogen) atoms. The molecule has 0 aromatic heterocycles. The van der Waals surface area contributed by atoms with Crippen molar-refractivity contribution in [2.45, 2.75) is 6.92 Å². The second kappa shape index (κ2) is 5.14. The monoisotopic (exact) mass is 219 g/mol. The standard InChI is InChI=1S/C16H13N/c1-13-2-4-14(5-3-13)6-7-15-8-10-16(12-17)11-9-15/h2-11H,1H3. The van der Waals surface area contributed by atoms with Crippen LogP contribution in [0.4, 0.5) is 0 Å². The van der Waals surface area contributed by atoms with Crippen molar-refractivity contribution in [1.29, 1.82) is 5.26 Å². The molecule has 1 nitrogen and oxygen atoms in total. The van der Waals surface area contributed by atoms with Gasteiger partial charge in [-0.1, -0.05) is 54.1 Å². The van der Waals surface area contributed by atoms with E-state index in [1.165, 1.54) is 11.1 Å². The normalized spacial score (nSPS) is 10.4. The Morgan fingerprint density at radius 3 is 1.76 bits per heavy atom. The number of rotatable bonds is 2. The molecule has 2 rings (SSSR count). The van der Waals surface area contributed by atoms with Crippen LogP contribution in [-0.4, -0.2) is 0 Å². The topological polar surface area (TPSA) is 23.8 Å². The van der Waals surface area contributed by atoms with Crippen molar-refractivity contribution in [1.82, 2.24) is 0 Å². The van der Waals surface area contributed by atoms with Gasteiger partial charge in [0, 0.05) is 0 Å². The van der Waals surface area contributed by atoms with Crippen LogP contribution in [0.1, 0.15) is 22.3 Å². The molecule has 0 spiro atoms. The Kier molecular flexibility index (Phi) is 3.37. The molecule has 82 valence electrons. The second-order valence-corrected chi connectivity index (χ2v) is 3.98. The molecule has 0 saturated carbocycles. The Balaban J connectivity index is 2.14. The fraction of sp³-hybridized carbons (Fsp3) is 0.0625. The summed E-state index contributed by atoms with van der Waals surface area (Å²) in [7, 11) is 0. The maximum absolute atomic E-state index is 8.69. The summed E-state index contributed by atoms with van der Waals surface area (Å²) in [5.41, 5.74) is 4.24. The Bertz CT molecular complexity index is 554. The number of nitrogens with zero attached hydrogens (tertiary/aromatic N) is 1. The fourth-order valence-corrected chi connectivity index (χ4v) is 1.54. The molecule has 0 unspecified atom stereocenters. The summed E-state index contributed by atoms with van der Waals surface area (Å²) in [5, 5.41) is 8.69. The van der Waals surface area contributed by atoms with Gasteiger partial charge in [-0.25, -0.2) is 0 Å². The number of aryl methyl sites for hydroxylation is 1. The molecule has 0 fully saturated rings. The van der Waals surface area contributed by atoms with Crippen LogP contribution in [0.3, 0.4) is 0 Å². The van der Waals surface area contributed by atoms with E-state index in [-0.39, 0.29) is 0 Å². The Hall–Kier alpha value is -2.33. The fourth-order valence-electron chi connectivity index (χ4n) is 1.54. The van der Waals surface area contributed by atoms with Gasteiger partial charge in [0.25, 0.3) is 0 Å². The van der Waals surface area contributed by atoms with E-state index in [1.807, 2.05) is 30.3 Å². The zero-order valence-electron chi connectivity index (χ0n) is 9.72. The highest BCUT2D eigenvalue weighted by molar-refractivity contribution is 5.69. The van der Waals surface area contributed by atoms with Gasteiger partial charge < -0.3 is 0 Å². The van der Waals surface area contributed by atoms with Crippen molar-refractivity contribution < 1.29 is 0 Å². The Labute approximate surface area is 102 Å². The van der Waals surface area contributed by atoms with Crippen LogP contribution in [0.2, 0.25) is 0 Å². The lowest BCUT2D eigenvalue weighted by molar-refractivity contribution is 1.46. The molecule has 0 N–H and O–H groups in total. The van der Waals surface area contributed by atoms with Gasteiger partial charge in [0.2, 0.25) is 0 Å². The highest BCUT2D eigenvalue weighted by Crippen LogP contribution is 2.10. The summed E-state index contributed by atoms with van der Waals surface area (Å²) >= 11 is 0. The summed E-state index contributed by atoms with van der Waals surface area (Å²) in [6, 6.07) is 18.0. The third-order valence-electron chi connectivity index (χ3n) is 2.59. The molecule has 0 aliphatic heterocycles. The van der Waals surface area contributed by atoms with Crippen LogP contribution < -0.4 is 0 Å². The molecular weight excluding hydrogens is 206 g/mol. The van der Waals surface area contributed by atoms with Gasteiger partial charge in [0.15, 0.2) is 0 Å². The molecule has 0 atom stereocenters. The van der Waals surface area contributed by atoms with Gasteiger partial charge in [-0.3, -0.25) is 0 Å². The van der Waals surface area contributed by atoms with Crippen molar-refractivity contribution >= 4 is 12.2 Å². The summed E-state index contributed by atoms with van der Waals surface area (Å²) < 4.78 is 0. The third-order valence-corrected chi connectivity index (χ3v) is 2.59. The maximum Gasteiger partial charge on any atom is 0.0991 e. The molecule has 0 saturated heterocycles. The van der Waals surface area contributed by atoms with E-state index in [2.05, 4.69) is 43.3 Å². The minimum atomic E-state index is 0.692. The van der Waals surface area contributed by atoms with Gasteiger partial charge >= 0.3 is 0 Å². The van der Waals surface area contributed by atoms with Crippen LogP contribution in [0, 0.1) is 18.3 Å². The summed E-state index contributed by atoms with van der Waals surface area (Å²) in [6.07, 6.45) is 4.12. The average molecular weight is 219 g/mol. The van der Waals surface area contributed by atoms with Gasteiger partial charge in [-0.05, 0) is 30.2 Å². The largest absolute Gasteiger partial charge is 0.192 e. The van der Waals surface area contributed by atoms with E-state index in [0.717, 1.165) is 5.56 Å². The van der Waals surface area contributed by atoms with E-state index in [1.54, 1.807) is 0 Å². The van der Waals surface area contributed by atoms with Crippen LogP contribution in [0.25, 0.3) is 12.2 Å². The zero-order valence-corrected chi connectivity index (χ0v) is 9.72. The Morgan fingerprint density at radius 1 is 0.824 bits per heavy atom. The summed E-state index contributed by atoms with van der Waals surface area (Å²) in [4.78, 5) is 0. The SMILES string of the molecule is Cc1ccc(C=Cc2ccc(C#N)cc2)cc1. The molecule has 0 aliphatic rings. The maximum atomic E-state index is 8.69. The minimum Gasteiger partial charge on any atom is -0.192 e. The smallest absolute Gasteiger partial charge is 0.0991 e. The molecule has 0 radical (unpaired) electrons. The lowest BCUT2D eigenvalue weighted by atomic mass is 10.1. The van der Waals surface area contributed by atoms with Crippen LogP contribution in [0.15, 0.2) is 48.5 Å². The molecule has 1 heteroatoms. The summed E-state index contributed by atoms with van der Waals surface area (Å²) in [6.45, 7) is 2.08. The molecule has 2 aromatic rings. The van der Waals surface area contributed by atoms with Crippen molar-refractivity contribution in [3.63, 3.8) is 0 Å². The van der Waals surface area contributed by atoms with Gasteiger partial charge in [0.1, 0.15) is 0 Å².